The summed E-state index contributed by atoms with van der Waals surface area (Å²) >= 11 is 0. The lowest BCUT2D eigenvalue weighted by molar-refractivity contribution is -0.313. The van der Waals surface area contributed by atoms with Crippen LogP contribution in [0, 0.1) is 0 Å². The molecular weight excluding hydrogens is 729 g/mol. The maximum absolute atomic E-state index is 12.3. The van der Waals surface area contributed by atoms with Gasteiger partial charge in [0.05, 0.1) is 6.61 Å². The summed E-state index contributed by atoms with van der Waals surface area (Å²) in [6.45, 7) is 5.90. The van der Waals surface area contributed by atoms with Gasteiger partial charge in [-0.25, -0.2) is 0 Å². The molecule has 5 N–H and O–H groups in total. The zero-order valence-electron chi connectivity index (χ0n) is 38.1. The van der Waals surface area contributed by atoms with Crippen LogP contribution >= 0.6 is 0 Å². The molecule has 1 amide bonds. The van der Waals surface area contributed by atoms with Gasteiger partial charge in [0, 0.05) is 13.0 Å². The van der Waals surface area contributed by atoms with Crippen molar-refractivity contribution in [3.05, 3.63) is 0 Å². The van der Waals surface area contributed by atoms with E-state index >= 15 is 0 Å². The van der Waals surface area contributed by atoms with Gasteiger partial charge in [0.1, 0.15) is 24.4 Å². The van der Waals surface area contributed by atoms with E-state index in [0.29, 0.717) is 25.8 Å². The van der Waals surface area contributed by atoms with Gasteiger partial charge < -0.3 is 30.5 Å². The second-order valence-corrected chi connectivity index (χ2v) is 17.9. The minimum Gasteiger partial charge on any atom is -0.394 e. The Bertz CT molecular complexity index is 925. The van der Waals surface area contributed by atoms with Gasteiger partial charge in [-0.3, -0.25) is 14.5 Å². The lowest BCUT2D eigenvalue weighted by Gasteiger charge is -2.49. The number of nitrogens with one attached hydrogen (secondary N) is 1. The molecule has 0 aromatic heterocycles. The molecule has 9 heteroatoms. The van der Waals surface area contributed by atoms with Crippen molar-refractivity contribution in [3.63, 3.8) is 0 Å². The standard InChI is InChI=1S/C49H96N2O7/c1-3-5-7-9-11-13-15-16-17-18-19-20-23-27-31-35-39-50-45(54)38-34-30-26-22-21-25-29-33-37-41-51(40-36-32-28-24-14-12-10-8-6-4-2)48-47(56)46(55)44(42-52)58-49(48,57)43-53/h43-44,46-48,52,55-57H,3-42H2,1-2H3,(H,50,54)/t44-,46-,47+,48-,49?/m1/s1. The Morgan fingerprint density at radius 3 is 1.26 bits per heavy atom. The normalized spacial score (nSPS) is 20.9. The first-order valence-corrected chi connectivity index (χ1v) is 25.2. The number of unbranched alkanes of at least 4 members (excludes halogenated alkanes) is 32. The average Bonchev–Trinajstić information content (AvgIpc) is 3.22. The van der Waals surface area contributed by atoms with Crippen molar-refractivity contribution in [2.24, 2.45) is 0 Å². The fourth-order valence-corrected chi connectivity index (χ4v) is 8.77. The zero-order chi connectivity index (χ0) is 42.4. The third kappa shape index (κ3) is 27.7. The molecule has 0 radical (unpaired) electrons. The van der Waals surface area contributed by atoms with Crippen molar-refractivity contribution in [2.45, 2.75) is 275 Å². The van der Waals surface area contributed by atoms with E-state index in [1.165, 1.54) is 154 Å². The highest BCUT2D eigenvalue weighted by atomic mass is 16.7. The number of ether oxygens (including phenoxy) is 1. The molecule has 58 heavy (non-hydrogen) atoms. The van der Waals surface area contributed by atoms with Crippen LogP contribution in [-0.2, 0) is 14.3 Å². The maximum atomic E-state index is 12.3. The summed E-state index contributed by atoms with van der Waals surface area (Å²) < 4.78 is 5.48. The van der Waals surface area contributed by atoms with E-state index in [2.05, 4.69) is 19.2 Å². The van der Waals surface area contributed by atoms with Crippen LogP contribution < -0.4 is 5.32 Å². The molecule has 344 valence electrons. The summed E-state index contributed by atoms with van der Waals surface area (Å²) in [6, 6.07) is -1.10. The number of hydrogen-bond acceptors (Lipinski definition) is 8. The number of aliphatic hydroxyl groups is 4. The van der Waals surface area contributed by atoms with Crippen LogP contribution in [0.3, 0.4) is 0 Å². The highest BCUT2D eigenvalue weighted by Crippen LogP contribution is 2.31. The monoisotopic (exact) mass is 825 g/mol. The van der Waals surface area contributed by atoms with Gasteiger partial charge in [0.2, 0.25) is 11.7 Å². The Labute approximate surface area is 357 Å². The predicted molar refractivity (Wildman–Crippen MR) is 241 cm³/mol. The second-order valence-electron chi connectivity index (χ2n) is 17.9. The van der Waals surface area contributed by atoms with E-state index in [0.717, 1.165) is 77.2 Å². The molecule has 1 fully saturated rings. The maximum Gasteiger partial charge on any atom is 0.242 e. The smallest absolute Gasteiger partial charge is 0.242 e. The molecule has 0 spiro atoms. The minimum atomic E-state index is -2.30. The number of carbonyl (C=O) groups is 2. The molecule has 0 aromatic carbocycles. The first kappa shape index (κ1) is 54.9. The molecule has 1 aliphatic heterocycles. The van der Waals surface area contributed by atoms with Gasteiger partial charge in [-0.05, 0) is 38.8 Å². The van der Waals surface area contributed by atoms with E-state index in [4.69, 9.17) is 4.74 Å². The fraction of sp³-hybridized carbons (Fsp3) is 0.959. The van der Waals surface area contributed by atoms with Crippen LogP contribution in [0.25, 0.3) is 0 Å². The number of nitrogens with zero attached hydrogens (tertiary/aromatic N) is 1. The number of aldehydes is 1. The molecule has 1 rings (SSSR count). The van der Waals surface area contributed by atoms with E-state index in [9.17, 15) is 30.0 Å². The number of hydrogen-bond donors (Lipinski definition) is 5. The summed E-state index contributed by atoms with van der Waals surface area (Å²) in [5.41, 5.74) is 0. The van der Waals surface area contributed by atoms with Crippen LogP contribution in [0.5, 0.6) is 0 Å². The SMILES string of the molecule is CCCCCCCCCCCCCCCCCCNC(=O)CCCCCCCCCCCN(CCCCCCCCCCCC)[C@@H]1[C@@H](O)[C@H](O)[C@@H](CO)OC1(O)C=O. The summed E-state index contributed by atoms with van der Waals surface area (Å²) in [4.78, 5) is 26.3. The van der Waals surface area contributed by atoms with Crippen LogP contribution in [0.4, 0.5) is 0 Å². The van der Waals surface area contributed by atoms with Crippen LogP contribution in [0.15, 0.2) is 0 Å². The highest BCUT2D eigenvalue weighted by molar-refractivity contribution is 5.75. The quantitative estimate of drug-likeness (QED) is 0.0302. The highest BCUT2D eigenvalue weighted by Gasteiger charge is 2.55. The van der Waals surface area contributed by atoms with E-state index in [1.54, 1.807) is 0 Å². The third-order valence-corrected chi connectivity index (χ3v) is 12.6. The average molecular weight is 825 g/mol. The van der Waals surface area contributed by atoms with Crippen molar-refractivity contribution in [2.75, 3.05) is 26.2 Å². The number of aliphatic hydroxyl groups excluding tert-OH is 3. The molecule has 0 bridgehead atoms. The van der Waals surface area contributed by atoms with Gasteiger partial charge >= 0.3 is 0 Å². The van der Waals surface area contributed by atoms with Crippen molar-refractivity contribution in [1.82, 2.24) is 10.2 Å². The van der Waals surface area contributed by atoms with Gasteiger partial charge in [0.25, 0.3) is 0 Å². The molecular formula is C49H96N2O7. The first-order valence-electron chi connectivity index (χ1n) is 25.2. The van der Waals surface area contributed by atoms with E-state index < -0.39 is 36.7 Å². The minimum absolute atomic E-state index is 0.199. The first-order chi connectivity index (χ1) is 28.3. The largest absolute Gasteiger partial charge is 0.394 e. The molecule has 0 aromatic rings. The van der Waals surface area contributed by atoms with E-state index in [1.807, 2.05) is 4.90 Å². The molecule has 0 saturated carbocycles. The topological polar surface area (TPSA) is 140 Å². The lowest BCUT2D eigenvalue weighted by Crippen LogP contribution is -2.71. The van der Waals surface area contributed by atoms with Crippen molar-refractivity contribution in [3.8, 4) is 0 Å². The Morgan fingerprint density at radius 2 is 0.897 bits per heavy atom. The summed E-state index contributed by atoms with van der Waals surface area (Å²) in [5, 5.41) is 45.5. The second kappa shape index (κ2) is 38.8. The number of carbonyl (C=O) groups excluding carboxylic acids is 2. The molecule has 0 aliphatic carbocycles. The van der Waals surface area contributed by atoms with E-state index in [-0.39, 0.29) is 5.91 Å². The Balaban J connectivity index is 2.13. The summed E-state index contributed by atoms with van der Waals surface area (Å²) in [6.07, 6.45) is 40.3. The van der Waals surface area contributed by atoms with Crippen LogP contribution in [0.1, 0.15) is 245 Å². The Hall–Kier alpha value is -1.10. The molecule has 1 heterocycles. The summed E-state index contributed by atoms with van der Waals surface area (Å²) in [7, 11) is 0. The zero-order valence-corrected chi connectivity index (χ0v) is 38.1. The van der Waals surface area contributed by atoms with Gasteiger partial charge in [-0.2, -0.15) is 0 Å². The Kier molecular flexibility index (Phi) is 36.7. The predicted octanol–water partition coefficient (Wildman–Crippen LogP) is 10.9. The van der Waals surface area contributed by atoms with Crippen LogP contribution in [-0.4, -0.2) is 93.9 Å². The fourth-order valence-electron chi connectivity index (χ4n) is 8.77. The van der Waals surface area contributed by atoms with Gasteiger partial charge in [-0.1, -0.05) is 213 Å². The molecule has 9 nitrogen and oxygen atoms in total. The van der Waals surface area contributed by atoms with Gasteiger partial charge in [0.15, 0.2) is 6.29 Å². The van der Waals surface area contributed by atoms with Gasteiger partial charge in [-0.15, -0.1) is 0 Å². The summed E-state index contributed by atoms with van der Waals surface area (Å²) in [5.74, 6) is -2.10. The molecule has 5 atom stereocenters. The Morgan fingerprint density at radius 1 is 0.552 bits per heavy atom. The van der Waals surface area contributed by atoms with Crippen molar-refractivity contribution < 1.29 is 34.8 Å². The number of rotatable bonds is 43. The van der Waals surface area contributed by atoms with Crippen molar-refractivity contribution in [1.29, 1.82) is 0 Å². The van der Waals surface area contributed by atoms with Crippen LogP contribution in [0.2, 0.25) is 0 Å². The third-order valence-electron chi connectivity index (χ3n) is 12.6. The molecule has 1 aliphatic rings. The lowest BCUT2D eigenvalue weighted by atomic mass is 9.89. The molecule has 1 unspecified atom stereocenters. The number of amides is 1. The molecule has 1 saturated heterocycles. The van der Waals surface area contributed by atoms with Crippen molar-refractivity contribution >= 4 is 12.2 Å².